The quantitative estimate of drug-likeness (QED) is 0.528. The van der Waals surface area contributed by atoms with Gasteiger partial charge in [0.05, 0.1) is 24.4 Å². The smallest absolute Gasteiger partial charge is 0.307 e. The van der Waals surface area contributed by atoms with Crippen LogP contribution in [0.5, 0.6) is 0 Å². The van der Waals surface area contributed by atoms with Crippen LogP contribution in [0.15, 0.2) is 61.3 Å². The van der Waals surface area contributed by atoms with Crippen molar-refractivity contribution in [2.45, 2.75) is 31.8 Å². The predicted molar refractivity (Wildman–Crippen MR) is 115 cm³/mol. The van der Waals surface area contributed by atoms with E-state index >= 15 is 0 Å². The standard InChI is InChI=1S/C24H21FN4O2/c1-15(16-6-8-17(25)9-7-16)23-13-26-27-29(23)18-10-11-22-20(12-24(30)31)19-4-2-3-5-21(19)28(22)14-18/h2-9,13,18H,1,10-12,14H2,(H,30,31). The van der Waals surface area contributed by atoms with Gasteiger partial charge >= 0.3 is 5.97 Å². The Morgan fingerprint density at radius 1 is 1.19 bits per heavy atom. The number of benzene rings is 2. The molecule has 31 heavy (non-hydrogen) atoms. The molecule has 1 aliphatic heterocycles. The van der Waals surface area contributed by atoms with E-state index in [0.29, 0.717) is 6.54 Å². The second-order valence-electron chi connectivity index (χ2n) is 7.87. The van der Waals surface area contributed by atoms with Crippen molar-refractivity contribution in [2.75, 3.05) is 0 Å². The Kier molecular flexibility index (Phi) is 4.66. The van der Waals surface area contributed by atoms with Crippen molar-refractivity contribution >= 4 is 22.4 Å². The lowest BCUT2D eigenvalue weighted by molar-refractivity contribution is -0.136. The molecule has 2 aromatic heterocycles. The van der Waals surface area contributed by atoms with Crippen LogP contribution in [0.4, 0.5) is 4.39 Å². The van der Waals surface area contributed by atoms with Gasteiger partial charge in [0, 0.05) is 28.7 Å². The Hall–Kier alpha value is -3.74. The first kappa shape index (κ1) is 19.2. The molecule has 0 saturated carbocycles. The number of nitrogens with zero attached hydrogens (tertiary/aromatic N) is 4. The van der Waals surface area contributed by atoms with E-state index in [1.54, 1.807) is 18.3 Å². The SMILES string of the molecule is C=C(c1ccc(F)cc1)c1cnnn1C1CCc2c(CC(=O)O)c3ccccc3n2C1. The topological polar surface area (TPSA) is 72.9 Å². The van der Waals surface area contributed by atoms with Crippen LogP contribution in [-0.4, -0.2) is 30.6 Å². The van der Waals surface area contributed by atoms with Crippen LogP contribution >= 0.6 is 0 Å². The second kappa shape index (κ2) is 7.50. The highest BCUT2D eigenvalue weighted by Crippen LogP contribution is 2.35. The molecule has 0 saturated heterocycles. The predicted octanol–water partition coefficient (Wildman–Crippen LogP) is 4.25. The van der Waals surface area contributed by atoms with Crippen molar-refractivity contribution < 1.29 is 14.3 Å². The third-order valence-electron chi connectivity index (χ3n) is 6.05. The van der Waals surface area contributed by atoms with E-state index < -0.39 is 5.97 Å². The highest BCUT2D eigenvalue weighted by molar-refractivity contribution is 5.89. The lowest BCUT2D eigenvalue weighted by atomic mass is 9.99. The monoisotopic (exact) mass is 416 g/mol. The zero-order chi connectivity index (χ0) is 21.5. The summed E-state index contributed by atoms with van der Waals surface area (Å²) in [6, 6.07) is 14.2. The Labute approximate surface area is 178 Å². The minimum absolute atomic E-state index is 0.0173. The van der Waals surface area contributed by atoms with Gasteiger partial charge in [-0.05, 0) is 42.2 Å². The number of fused-ring (bicyclic) bond motifs is 3. The number of carboxylic acids is 1. The second-order valence-corrected chi connectivity index (χ2v) is 7.87. The maximum absolute atomic E-state index is 13.3. The van der Waals surface area contributed by atoms with Gasteiger partial charge in [-0.2, -0.15) is 0 Å². The maximum atomic E-state index is 13.3. The van der Waals surface area contributed by atoms with Gasteiger partial charge in [-0.1, -0.05) is 42.1 Å². The summed E-state index contributed by atoms with van der Waals surface area (Å²) in [6.45, 7) is 4.86. The Balaban J connectivity index is 1.51. The average Bonchev–Trinajstić information content (AvgIpc) is 3.37. The molecule has 0 spiro atoms. The van der Waals surface area contributed by atoms with Gasteiger partial charge < -0.3 is 9.67 Å². The molecular formula is C24H21FN4O2. The number of rotatable bonds is 5. The molecule has 1 unspecified atom stereocenters. The molecule has 0 bridgehead atoms. The summed E-state index contributed by atoms with van der Waals surface area (Å²) in [5.41, 5.74) is 5.37. The molecular weight excluding hydrogens is 395 g/mol. The first-order valence-electron chi connectivity index (χ1n) is 10.2. The fraction of sp³-hybridized carbons (Fsp3) is 0.208. The fourth-order valence-electron chi connectivity index (χ4n) is 4.60. The van der Waals surface area contributed by atoms with Gasteiger partial charge in [0.1, 0.15) is 5.82 Å². The number of aliphatic carboxylic acids is 1. The number of hydrogen-bond donors (Lipinski definition) is 1. The molecule has 0 aliphatic carbocycles. The number of para-hydroxylation sites is 1. The van der Waals surface area contributed by atoms with Gasteiger partial charge in [-0.15, -0.1) is 5.10 Å². The van der Waals surface area contributed by atoms with Gasteiger partial charge in [-0.25, -0.2) is 9.07 Å². The van der Waals surface area contributed by atoms with E-state index in [-0.39, 0.29) is 18.3 Å². The molecule has 4 aromatic rings. The molecule has 156 valence electrons. The Morgan fingerprint density at radius 3 is 2.74 bits per heavy atom. The Morgan fingerprint density at radius 2 is 1.97 bits per heavy atom. The van der Waals surface area contributed by atoms with Crippen molar-refractivity contribution in [3.05, 3.63) is 89.6 Å². The molecule has 2 aromatic carbocycles. The van der Waals surface area contributed by atoms with Gasteiger partial charge in [0.2, 0.25) is 0 Å². The van der Waals surface area contributed by atoms with E-state index in [2.05, 4.69) is 21.5 Å². The minimum Gasteiger partial charge on any atom is -0.481 e. The van der Waals surface area contributed by atoms with Crippen LogP contribution in [0.25, 0.3) is 16.5 Å². The minimum atomic E-state index is -0.824. The molecule has 3 heterocycles. The van der Waals surface area contributed by atoms with E-state index in [4.69, 9.17) is 0 Å². The Bertz CT molecular complexity index is 1300. The summed E-state index contributed by atoms with van der Waals surface area (Å²) >= 11 is 0. The molecule has 0 amide bonds. The molecule has 7 heteroatoms. The van der Waals surface area contributed by atoms with Crippen LogP contribution in [0.2, 0.25) is 0 Å². The highest BCUT2D eigenvalue weighted by atomic mass is 19.1. The summed E-state index contributed by atoms with van der Waals surface area (Å²) in [6.07, 6.45) is 3.27. The number of aromatic nitrogens is 4. The first-order valence-corrected chi connectivity index (χ1v) is 10.2. The van der Waals surface area contributed by atoms with Crippen LogP contribution in [0.3, 0.4) is 0 Å². The first-order chi connectivity index (χ1) is 15.0. The highest BCUT2D eigenvalue weighted by Gasteiger charge is 2.28. The number of carboxylic acid groups (broad SMARTS) is 1. The van der Waals surface area contributed by atoms with Crippen molar-refractivity contribution in [1.82, 2.24) is 19.6 Å². The fourth-order valence-corrected chi connectivity index (χ4v) is 4.60. The number of halogens is 1. The van der Waals surface area contributed by atoms with Crippen molar-refractivity contribution in [3.63, 3.8) is 0 Å². The van der Waals surface area contributed by atoms with Crippen molar-refractivity contribution in [2.24, 2.45) is 0 Å². The molecule has 5 rings (SSSR count). The number of carbonyl (C=O) groups is 1. The third-order valence-corrected chi connectivity index (χ3v) is 6.05. The molecule has 0 fully saturated rings. The summed E-state index contributed by atoms with van der Waals surface area (Å²) in [5, 5.41) is 18.9. The van der Waals surface area contributed by atoms with Crippen LogP contribution < -0.4 is 0 Å². The molecule has 1 atom stereocenters. The van der Waals surface area contributed by atoms with Crippen molar-refractivity contribution in [1.29, 1.82) is 0 Å². The van der Waals surface area contributed by atoms with Gasteiger partial charge in [-0.3, -0.25) is 4.79 Å². The van der Waals surface area contributed by atoms with Gasteiger partial charge in [0.15, 0.2) is 0 Å². The lowest BCUT2D eigenvalue weighted by Gasteiger charge is -2.27. The van der Waals surface area contributed by atoms with Crippen LogP contribution in [0.1, 0.15) is 35.0 Å². The summed E-state index contributed by atoms with van der Waals surface area (Å²) in [4.78, 5) is 11.5. The summed E-state index contributed by atoms with van der Waals surface area (Å²) in [5.74, 6) is -1.12. The molecule has 6 nitrogen and oxygen atoms in total. The third kappa shape index (κ3) is 3.32. The summed E-state index contributed by atoms with van der Waals surface area (Å²) in [7, 11) is 0. The van der Waals surface area contributed by atoms with E-state index in [9.17, 15) is 14.3 Å². The molecule has 1 N–H and O–H groups in total. The molecule has 1 aliphatic rings. The van der Waals surface area contributed by atoms with Crippen LogP contribution in [-0.2, 0) is 24.2 Å². The zero-order valence-corrected chi connectivity index (χ0v) is 16.8. The molecule has 0 radical (unpaired) electrons. The van der Waals surface area contributed by atoms with E-state index in [0.717, 1.165) is 51.8 Å². The summed E-state index contributed by atoms with van der Waals surface area (Å²) < 4.78 is 17.4. The van der Waals surface area contributed by atoms with Crippen molar-refractivity contribution in [3.8, 4) is 0 Å². The largest absolute Gasteiger partial charge is 0.481 e. The normalized spacial score (nSPS) is 15.7. The van der Waals surface area contributed by atoms with E-state index in [1.807, 2.05) is 28.9 Å². The number of hydrogen-bond acceptors (Lipinski definition) is 3. The lowest BCUT2D eigenvalue weighted by Crippen LogP contribution is -2.25. The van der Waals surface area contributed by atoms with E-state index in [1.165, 1.54) is 12.1 Å². The van der Waals surface area contributed by atoms with Gasteiger partial charge in [0.25, 0.3) is 0 Å². The maximum Gasteiger partial charge on any atom is 0.307 e. The van der Waals surface area contributed by atoms with Crippen LogP contribution in [0, 0.1) is 5.82 Å². The average molecular weight is 416 g/mol. The zero-order valence-electron chi connectivity index (χ0n) is 16.8.